The van der Waals surface area contributed by atoms with Gasteiger partial charge in [-0.05, 0) is 25.5 Å². The van der Waals surface area contributed by atoms with E-state index < -0.39 is 28.3 Å². The molecule has 1 saturated carbocycles. The fraction of sp³-hybridized carbons (Fsp3) is 0.429. The Bertz CT molecular complexity index is 638. The van der Waals surface area contributed by atoms with Crippen molar-refractivity contribution in [2.24, 2.45) is 5.92 Å². The van der Waals surface area contributed by atoms with Crippen LogP contribution in [-0.2, 0) is 10.0 Å². The maximum atomic E-state index is 12.6. The van der Waals surface area contributed by atoms with Crippen molar-refractivity contribution >= 4 is 10.0 Å². The zero-order valence-electron chi connectivity index (χ0n) is 11.0. The maximum Gasteiger partial charge on any atom is 0.264 e. The summed E-state index contributed by atoms with van der Waals surface area (Å²) in [6.07, 6.45) is 1.63. The Kier molecular flexibility index (Phi) is 3.12. The normalized spacial score (nSPS) is 32.6. The second-order valence-corrected chi connectivity index (χ2v) is 7.28. The topological polar surface area (TPSA) is 77.8 Å². The lowest BCUT2D eigenvalue weighted by molar-refractivity contribution is 0.0156. The molecule has 1 aromatic rings. The summed E-state index contributed by atoms with van der Waals surface area (Å²) >= 11 is 0. The average molecular weight is 295 g/mol. The number of rotatable bonds is 2. The summed E-state index contributed by atoms with van der Waals surface area (Å²) in [4.78, 5) is 0.194. The van der Waals surface area contributed by atoms with Gasteiger partial charge in [0.15, 0.2) is 0 Å². The van der Waals surface area contributed by atoms with Crippen LogP contribution >= 0.6 is 0 Å². The second kappa shape index (κ2) is 4.58. The summed E-state index contributed by atoms with van der Waals surface area (Å²) in [5, 5.41) is 19.8. The summed E-state index contributed by atoms with van der Waals surface area (Å²) in [5.74, 6) is -0.167. The van der Waals surface area contributed by atoms with Crippen LogP contribution in [0, 0.1) is 12.8 Å². The number of sulfonamides is 1. The molecule has 2 bridgehead atoms. The Morgan fingerprint density at radius 2 is 1.80 bits per heavy atom. The van der Waals surface area contributed by atoms with Gasteiger partial charge < -0.3 is 10.2 Å². The van der Waals surface area contributed by atoms with E-state index in [0.717, 1.165) is 5.56 Å². The van der Waals surface area contributed by atoms with E-state index in [1.54, 1.807) is 30.3 Å². The van der Waals surface area contributed by atoms with Gasteiger partial charge in [0, 0.05) is 12.1 Å². The first kappa shape index (κ1) is 13.6. The van der Waals surface area contributed by atoms with Crippen LogP contribution in [0.1, 0.15) is 12.0 Å². The van der Waals surface area contributed by atoms with Crippen molar-refractivity contribution in [2.45, 2.75) is 36.5 Å². The molecular weight excluding hydrogens is 278 g/mol. The summed E-state index contributed by atoms with van der Waals surface area (Å²) in [7, 11) is -3.69. The highest BCUT2D eigenvalue weighted by Crippen LogP contribution is 2.38. The fourth-order valence-electron chi connectivity index (χ4n) is 2.88. The van der Waals surface area contributed by atoms with E-state index in [1.807, 2.05) is 6.92 Å². The highest BCUT2D eigenvalue weighted by molar-refractivity contribution is 7.89. The van der Waals surface area contributed by atoms with Crippen molar-refractivity contribution in [3.63, 3.8) is 0 Å². The number of fused-ring (bicyclic) bond motifs is 2. The van der Waals surface area contributed by atoms with Crippen molar-refractivity contribution in [3.05, 3.63) is 42.1 Å². The molecule has 0 radical (unpaired) electrons. The standard InChI is InChI=1S/C14H17NO4S/c1-9-2-4-11(5-3-9)20(18,19)15-7-6-10-8-12(15)14(17)13(10)16/h2-7,10,12-14,16-17H,8H2,1H3/t10-,12+,13+,14-/m1/s1. The smallest absolute Gasteiger partial charge is 0.264 e. The van der Waals surface area contributed by atoms with Crippen LogP contribution in [0.5, 0.6) is 0 Å². The zero-order chi connectivity index (χ0) is 14.5. The third kappa shape index (κ3) is 1.95. The molecule has 6 heteroatoms. The van der Waals surface area contributed by atoms with Crippen LogP contribution in [0.15, 0.2) is 41.4 Å². The monoisotopic (exact) mass is 295 g/mol. The molecule has 20 heavy (non-hydrogen) atoms. The van der Waals surface area contributed by atoms with Crippen LogP contribution in [0.3, 0.4) is 0 Å². The first-order valence-electron chi connectivity index (χ1n) is 6.56. The summed E-state index contributed by atoms with van der Waals surface area (Å²) in [6, 6.07) is 6.00. The largest absolute Gasteiger partial charge is 0.390 e. The van der Waals surface area contributed by atoms with E-state index in [-0.39, 0.29) is 10.8 Å². The highest BCUT2D eigenvalue weighted by Gasteiger charge is 2.48. The third-order valence-electron chi connectivity index (χ3n) is 4.10. The third-order valence-corrected chi connectivity index (χ3v) is 5.92. The molecule has 1 aliphatic carbocycles. The number of aliphatic hydroxyl groups is 2. The first-order valence-corrected chi connectivity index (χ1v) is 8.00. The molecule has 1 fully saturated rings. The van der Waals surface area contributed by atoms with Gasteiger partial charge in [0.25, 0.3) is 10.0 Å². The van der Waals surface area contributed by atoms with Gasteiger partial charge in [-0.2, -0.15) is 0 Å². The van der Waals surface area contributed by atoms with Gasteiger partial charge in [-0.25, -0.2) is 8.42 Å². The Morgan fingerprint density at radius 3 is 2.45 bits per heavy atom. The molecule has 108 valence electrons. The number of hydrogen-bond acceptors (Lipinski definition) is 4. The molecule has 5 nitrogen and oxygen atoms in total. The van der Waals surface area contributed by atoms with Gasteiger partial charge in [0.05, 0.1) is 17.0 Å². The van der Waals surface area contributed by atoms with Gasteiger partial charge in [-0.1, -0.05) is 23.8 Å². The predicted octanol–water partition coefficient (Wildman–Crippen LogP) is 0.623. The molecule has 1 heterocycles. The number of benzene rings is 1. The molecule has 2 aliphatic rings. The van der Waals surface area contributed by atoms with E-state index >= 15 is 0 Å². The zero-order valence-corrected chi connectivity index (χ0v) is 11.9. The van der Waals surface area contributed by atoms with Crippen LogP contribution in [-0.4, -0.2) is 41.2 Å². The van der Waals surface area contributed by atoms with E-state index in [4.69, 9.17) is 0 Å². The van der Waals surface area contributed by atoms with E-state index in [2.05, 4.69) is 0 Å². The molecule has 0 spiro atoms. The highest BCUT2D eigenvalue weighted by atomic mass is 32.2. The van der Waals surface area contributed by atoms with Gasteiger partial charge in [-0.3, -0.25) is 4.31 Å². The fourth-order valence-corrected chi connectivity index (χ4v) is 4.40. The lowest BCUT2D eigenvalue weighted by Gasteiger charge is -2.30. The first-order chi connectivity index (χ1) is 9.41. The molecule has 2 N–H and O–H groups in total. The van der Waals surface area contributed by atoms with Crippen molar-refractivity contribution < 1.29 is 18.6 Å². The van der Waals surface area contributed by atoms with Gasteiger partial charge >= 0.3 is 0 Å². The van der Waals surface area contributed by atoms with Crippen molar-refractivity contribution in [2.75, 3.05) is 0 Å². The molecule has 1 aliphatic heterocycles. The molecule has 0 unspecified atom stereocenters. The van der Waals surface area contributed by atoms with Crippen LogP contribution in [0.4, 0.5) is 0 Å². The lowest BCUT2D eigenvalue weighted by atomic mass is 10.1. The molecule has 1 aromatic carbocycles. The van der Waals surface area contributed by atoms with Gasteiger partial charge in [0.1, 0.15) is 6.10 Å². The van der Waals surface area contributed by atoms with Gasteiger partial charge in [0.2, 0.25) is 0 Å². The minimum absolute atomic E-state index is 0.167. The number of hydrogen-bond donors (Lipinski definition) is 2. The Labute approximate surface area is 118 Å². The predicted molar refractivity (Wildman–Crippen MR) is 73.3 cm³/mol. The molecule has 4 atom stereocenters. The molecule has 0 aromatic heterocycles. The van der Waals surface area contributed by atoms with Gasteiger partial charge in [-0.15, -0.1) is 0 Å². The second-order valence-electron chi connectivity index (χ2n) is 5.44. The average Bonchev–Trinajstić information content (AvgIpc) is 2.64. The Morgan fingerprint density at radius 1 is 1.15 bits per heavy atom. The molecule has 0 amide bonds. The molecular formula is C14H17NO4S. The van der Waals surface area contributed by atoms with Crippen LogP contribution in [0.2, 0.25) is 0 Å². The summed E-state index contributed by atoms with van der Waals surface area (Å²) in [5.41, 5.74) is 0.981. The summed E-state index contributed by atoms with van der Waals surface area (Å²) in [6.45, 7) is 1.89. The minimum atomic E-state index is -3.69. The van der Waals surface area contributed by atoms with Crippen molar-refractivity contribution in [1.82, 2.24) is 4.31 Å². The number of aliphatic hydroxyl groups excluding tert-OH is 2. The maximum absolute atomic E-state index is 12.6. The lowest BCUT2D eigenvalue weighted by Crippen LogP contribution is -2.43. The molecule has 3 rings (SSSR count). The van der Waals surface area contributed by atoms with E-state index in [0.29, 0.717) is 6.42 Å². The molecule has 0 saturated heterocycles. The van der Waals surface area contributed by atoms with E-state index in [1.165, 1.54) is 10.5 Å². The minimum Gasteiger partial charge on any atom is -0.390 e. The van der Waals surface area contributed by atoms with E-state index in [9.17, 15) is 18.6 Å². The number of aryl methyl sites for hydroxylation is 1. The van der Waals surface area contributed by atoms with Crippen LogP contribution < -0.4 is 0 Å². The van der Waals surface area contributed by atoms with Crippen molar-refractivity contribution in [1.29, 1.82) is 0 Å². The number of nitrogens with zero attached hydrogens (tertiary/aromatic N) is 1. The SMILES string of the molecule is Cc1ccc(S(=O)(=O)N2C=C[C@@H]3C[C@H]2[C@@H](O)[C@H]3O)cc1. The quantitative estimate of drug-likeness (QED) is 0.838. The summed E-state index contributed by atoms with van der Waals surface area (Å²) < 4.78 is 26.4. The Balaban J connectivity index is 1.98. The van der Waals surface area contributed by atoms with Crippen LogP contribution in [0.25, 0.3) is 0 Å². The Hall–Kier alpha value is -1.37. The van der Waals surface area contributed by atoms with Crippen molar-refractivity contribution in [3.8, 4) is 0 Å².